The second kappa shape index (κ2) is 3.84. The van der Waals surface area contributed by atoms with Gasteiger partial charge in [0.2, 0.25) is 0 Å². The van der Waals surface area contributed by atoms with Crippen molar-refractivity contribution in [3.63, 3.8) is 0 Å². The van der Waals surface area contributed by atoms with Crippen LogP contribution in [0.4, 0.5) is 0 Å². The number of pyridine rings is 1. The van der Waals surface area contributed by atoms with Gasteiger partial charge in [0.05, 0.1) is 23.0 Å². The second-order valence-electron chi connectivity index (χ2n) is 3.46. The molecule has 0 aliphatic carbocycles. The quantitative estimate of drug-likeness (QED) is 0.789. The average Bonchev–Trinajstić information content (AvgIpc) is 2.74. The van der Waals surface area contributed by atoms with Crippen molar-refractivity contribution in [1.29, 1.82) is 0 Å². The fourth-order valence-corrected chi connectivity index (χ4v) is 2.64. The third kappa shape index (κ3) is 1.73. The molecule has 2 aromatic rings. The Morgan fingerprint density at radius 3 is 3.33 bits per heavy atom. The van der Waals surface area contributed by atoms with Gasteiger partial charge in [0.1, 0.15) is 11.1 Å². The van der Waals surface area contributed by atoms with Crippen LogP contribution in [0.3, 0.4) is 0 Å². The van der Waals surface area contributed by atoms with Gasteiger partial charge in [-0.25, -0.2) is 4.98 Å². The highest BCUT2D eigenvalue weighted by Gasteiger charge is 2.19. The van der Waals surface area contributed by atoms with E-state index in [9.17, 15) is 0 Å². The predicted octanol–water partition coefficient (Wildman–Crippen LogP) is 1.35. The van der Waals surface area contributed by atoms with Crippen molar-refractivity contribution in [3.8, 4) is 0 Å². The third-order valence-electron chi connectivity index (χ3n) is 2.41. The summed E-state index contributed by atoms with van der Waals surface area (Å²) in [5, 5.41) is 4.35. The predicted molar refractivity (Wildman–Crippen MR) is 59.0 cm³/mol. The highest BCUT2D eigenvalue weighted by molar-refractivity contribution is 7.18. The summed E-state index contributed by atoms with van der Waals surface area (Å²) >= 11 is 1.69. The van der Waals surface area contributed by atoms with Gasteiger partial charge in [-0.15, -0.1) is 11.3 Å². The van der Waals surface area contributed by atoms with E-state index in [1.54, 1.807) is 23.7 Å². The van der Waals surface area contributed by atoms with Crippen LogP contribution in [-0.2, 0) is 4.74 Å². The lowest BCUT2D eigenvalue weighted by atomic mass is 10.3. The molecule has 1 N–H and O–H groups in total. The molecule has 0 bridgehead atoms. The number of hydrogen-bond acceptors (Lipinski definition) is 5. The molecule has 15 heavy (non-hydrogen) atoms. The first-order chi connectivity index (χ1) is 7.43. The molecule has 1 fully saturated rings. The maximum atomic E-state index is 5.66. The summed E-state index contributed by atoms with van der Waals surface area (Å²) in [6.07, 6.45) is 3.70. The lowest BCUT2D eigenvalue weighted by molar-refractivity contribution is 0.0277. The van der Waals surface area contributed by atoms with Gasteiger partial charge < -0.3 is 10.1 Å². The molecule has 0 aromatic carbocycles. The molecule has 0 radical (unpaired) electrons. The van der Waals surface area contributed by atoms with E-state index in [4.69, 9.17) is 4.74 Å². The van der Waals surface area contributed by atoms with Crippen molar-refractivity contribution in [2.24, 2.45) is 0 Å². The largest absolute Gasteiger partial charge is 0.368 e. The van der Waals surface area contributed by atoms with E-state index < -0.39 is 0 Å². The molecule has 1 aliphatic heterocycles. The van der Waals surface area contributed by atoms with E-state index in [1.807, 2.05) is 6.07 Å². The summed E-state index contributed by atoms with van der Waals surface area (Å²) in [6, 6.07) is 1.99. The van der Waals surface area contributed by atoms with Crippen LogP contribution in [0.2, 0.25) is 0 Å². The van der Waals surface area contributed by atoms with E-state index >= 15 is 0 Å². The van der Waals surface area contributed by atoms with E-state index in [2.05, 4.69) is 15.3 Å². The standard InChI is InChI=1S/C10H11N3OS/c1-2-11-5-7-9(1)15-10(13-7)8-6-12-3-4-14-8/h1-2,5,8,12H,3-4,6H2. The first-order valence-corrected chi connectivity index (χ1v) is 5.78. The van der Waals surface area contributed by atoms with Crippen LogP contribution in [0.15, 0.2) is 18.5 Å². The molecular weight excluding hydrogens is 210 g/mol. The van der Waals surface area contributed by atoms with Crippen LogP contribution in [0, 0.1) is 0 Å². The molecule has 0 amide bonds. The highest BCUT2D eigenvalue weighted by Crippen LogP contribution is 2.27. The van der Waals surface area contributed by atoms with E-state index in [0.29, 0.717) is 0 Å². The van der Waals surface area contributed by atoms with Gasteiger partial charge in [0, 0.05) is 19.3 Å². The molecule has 0 saturated carbocycles. The summed E-state index contributed by atoms with van der Waals surface area (Å²) in [6.45, 7) is 2.55. The molecule has 78 valence electrons. The first kappa shape index (κ1) is 9.21. The number of ether oxygens (including phenoxy) is 1. The summed E-state index contributed by atoms with van der Waals surface area (Å²) in [5.41, 5.74) is 0.965. The van der Waals surface area contributed by atoms with Gasteiger partial charge in [0.15, 0.2) is 0 Å². The van der Waals surface area contributed by atoms with Crippen molar-refractivity contribution in [3.05, 3.63) is 23.5 Å². The molecule has 3 rings (SSSR count). The Labute approximate surface area is 91.3 Å². The van der Waals surface area contributed by atoms with Gasteiger partial charge in [-0.1, -0.05) is 0 Å². The number of fused-ring (bicyclic) bond motifs is 1. The molecule has 0 spiro atoms. The maximum absolute atomic E-state index is 5.66. The number of morpholine rings is 1. The van der Waals surface area contributed by atoms with Gasteiger partial charge >= 0.3 is 0 Å². The Bertz CT molecular complexity index is 431. The topological polar surface area (TPSA) is 47.0 Å². The Balaban J connectivity index is 1.96. The Hall–Kier alpha value is -1.04. The van der Waals surface area contributed by atoms with Crippen molar-refractivity contribution >= 4 is 21.6 Å². The lowest BCUT2D eigenvalue weighted by Crippen LogP contribution is -2.33. The van der Waals surface area contributed by atoms with Gasteiger partial charge in [-0.05, 0) is 6.07 Å². The van der Waals surface area contributed by atoms with Crippen molar-refractivity contribution in [2.45, 2.75) is 6.10 Å². The number of aromatic nitrogens is 2. The molecule has 1 aliphatic rings. The minimum Gasteiger partial charge on any atom is -0.368 e. The van der Waals surface area contributed by atoms with Crippen LogP contribution in [0.25, 0.3) is 10.2 Å². The van der Waals surface area contributed by atoms with E-state index in [1.165, 1.54) is 4.70 Å². The molecular formula is C10H11N3OS. The summed E-state index contributed by atoms with van der Waals surface area (Å²) in [4.78, 5) is 8.59. The number of thiazole rings is 1. The summed E-state index contributed by atoms with van der Waals surface area (Å²) < 4.78 is 6.83. The zero-order valence-corrected chi connectivity index (χ0v) is 8.96. The number of rotatable bonds is 1. The Morgan fingerprint density at radius 1 is 1.53 bits per heavy atom. The SMILES string of the molecule is c1cc2sc(C3CNCCO3)nc2cn1. The van der Waals surface area contributed by atoms with Crippen LogP contribution >= 0.6 is 11.3 Å². The van der Waals surface area contributed by atoms with Crippen molar-refractivity contribution in [1.82, 2.24) is 15.3 Å². The van der Waals surface area contributed by atoms with Crippen LogP contribution in [-0.4, -0.2) is 29.7 Å². The first-order valence-electron chi connectivity index (χ1n) is 4.96. The second-order valence-corrected chi connectivity index (χ2v) is 4.52. The zero-order valence-electron chi connectivity index (χ0n) is 8.14. The Kier molecular flexibility index (Phi) is 2.36. The maximum Gasteiger partial charge on any atom is 0.124 e. The number of hydrogen-bond donors (Lipinski definition) is 1. The van der Waals surface area contributed by atoms with Crippen molar-refractivity contribution < 1.29 is 4.74 Å². The smallest absolute Gasteiger partial charge is 0.124 e. The summed E-state index contributed by atoms with van der Waals surface area (Å²) in [5.74, 6) is 0. The Morgan fingerprint density at radius 2 is 2.53 bits per heavy atom. The minimum atomic E-state index is 0.108. The number of nitrogens with zero attached hydrogens (tertiary/aromatic N) is 2. The van der Waals surface area contributed by atoms with Crippen molar-refractivity contribution in [2.75, 3.05) is 19.7 Å². The monoisotopic (exact) mass is 221 g/mol. The number of nitrogens with one attached hydrogen (secondary N) is 1. The van der Waals surface area contributed by atoms with Crippen LogP contribution in [0.5, 0.6) is 0 Å². The third-order valence-corrected chi connectivity index (χ3v) is 3.54. The summed E-state index contributed by atoms with van der Waals surface area (Å²) in [7, 11) is 0. The zero-order chi connectivity index (χ0) is 10.1. The molecule has 3 heterocycles. The molecule has 1 atom stereocenters. The van der Waals surface area contributed by atoms with E-state index in [-0.39, 0.29) is 6.10 Å². The molecule has 2 aromatic heterocycles. The molecule has 1 saturated heterocycles. The normalized spacial score (nSPS) is 22.0. The van der Waals surface area contributed by atoms with Gasteiger partial charge in [-0.2, -0.15) is 0 Å². The molecule has 1 unspecified atom stereocenters. The molecule has 5 heteroatoms. The van der Waals surface area contributed by atoms with E-state index in [0.717, 1.165) is 30.2 Å². The van der Waals surface area contributed by atoms with Crippen LogP contribution in [0.1, 0.15) is 11.1 Å². The highest BCUT2D eigenvalue weighted by atomic mass is 32.1. The van der Waals surface area contributed by atoms with Gasteiger partial charge in [-0.3, -0.25) is 4.98 Å². The molecule has 4 nitrogen and oxygen atoms in total. The fourth-order valence-electron chi connectivity index (χ4n) is 1.66. The van der Waals surface area contributed by atoms with Crippen LogP contribution < -0.4 is 5.32 Å². The lowest BCUT2D eigenvalue weighted by Gasteiger charge is -2.21. The minimum absolute atomic E-state index is 0.108. The fraction of sp³-hybridized carbons (Fsp3) is 0.400. The average molecular weight is 221 g/mol. The van der Waals surface area contributed by atoms with Gasteiger partial charge in [0.25, 0.3) is 0 Å².